The van der Waals surface area contributed by atoms with Crippen LogP contribution in [0.4, 0.5) is 0 Å². The zero-order valence-electron chi connectivity index (χ0n) is 8.66. The quantitative estimate of drug-likeness (QED) is 0.821. The summed E-state index contributed by atoms with van der Waals surface area (Å²) >= 11 is 5.83. The maximum absolute atomic E-state index is 10.9. The molecule has 1 saturated carbocycles. The van der Waals surface area contributed by atoms with Crippen LogP contribution in [0.1, 0.15) is 31.2 Å². The first-order valence-electron chi connectivity index (χ1n) is 5.19. The van der Waals surface area contributed by atoms with Crippen molar-refractivity contribution in [2.75, 3.05) is 0 Å². The van der Waals surface area contributed by atoms with Crippen LogP contribution in [0.15, 0.2) is 24.3 Å². The Bertz CT molecular complexity index is 360. The Kier molecular flexibility index (Phi) is 2.96. The lowest BCUT2D eigenvalue weighted by Gasteiger charge is -2.37. The molecule has 80 valence electrons. The molecule has 0 unspecified atom stereocenters. The van der Waals surface area contributed by atoms with E-state index in [9.17, 15) is 4.79 Å². The minimum absolute atomic E-state index is 0.0543. The van der Waals surface area contributed by atoms with Crippen molar-refractivity contribution in [3.8, 4) is 0 Å². The summed E-state index contributed by atoms with van der Waals surface area (Å²) in [6.07, 6.45) is 2.22. The molecule has 2 nitrogen and oxygen atoms in total. The molecule has 0 aromatic heterocycles. The highest BCUT2D eigenvalue weighted by Crippen LogP contribution is 2.37. The molecule has 1 amide bonds. The Morgan fingerprint density at radius 3 is 2.47 bits per heavy atom. The molecule has 2 atom stereocenters. The molecule has 1 aromatic carbocycles. The summed E-state index contributed by atoms with van der Waals surface area (Å²) < 4.78 is 0. The third kappa shape index (κ3) is 2.32. The van der Waals surface area contributed by atoms with Crippen molar-refractivity contribution in [3.05, 3.63) is 34.9 Å². The van der Waals surface area contributed by atoms with Crippen LogP contribution >= 0.6 is 11.6 Å². The van der Waals surface area contributed by atoms with Crippen molar-refractivity contribution in [3.63, 3.8) is 0 Å². The molecule has 0 aliphatic heterocycles. The first-order chi connectivity index (χ1) is 7.16. The summed E-state index contributed by atoms with van der Waals surface area (Å²) in [6.45, 7) is 1.57. The standard InChI is InChI=1S/C12H14ClNO/c1-8(15)14-12-7-6-11(12)9-2-4-10(13)5-3-9/h2-5,11-12H,6-7H2,1H3,(H,14,15)/t11-,12-/m0/s1. The van der Waals surface area contributed by atoms with Gasteiger partial charge in [0.05, 0.1) is 0 Å². The average molecular weight is 224 g/mol. The number of rotatable bonds is 2. The van der Waals surface area contributed by atoms with Gasteiger partial charge in [0.2, 0.25) is 5.91 Å². The summed E-state index contributed by atoms with van der Waals surface area (Å²) in [4.78, 5) is 10.9. The largest absolute Gasteiger partial charge is 0.353 e. The van der Waals surface area contributed by atoms with Crippen LogP contribution in [-0.2, 0) is 4.79 Å². The highest BCUT2D eigenvalue weighted by atomic mass is 35.5. The summed E-state index contributed by atoms with van der Waals surface area (Å²) in [7, 11) is 0. The third-order valence-corrected chi connectivity index (χ3v) is 3.21. The van der Waals surface area contributed by atoms with E-state index in [1.807, 2.05) is 24.3 Å². The van der Waals surface area contributed by atoms with E-state index in [2.05, 4.69) is 5.32 Å². The number of hydrogen-bond donors (Lipinski definition) is 1. The van der Waals surface area contributed by atoms with E-state index in [0.29, 0.717) is 12.0 Å². The van der Waals surface area contributed by atoms with Gasteiger partial charge in [-0.25, -0.2) is 0 Å². The van der Waals surface area contributed by atoms with Gasteiger partial charge in [-0.15, -0.1) is 0 Å². The fourth-order valence-electron chi connectivity index (χ4n) is 2.04. The Morgan fingerprint density at radius 2 is 2.00 bits per heavy atom. The molecule has 0 saturated heterocycles. The van der Waals surface area contributed by atoms with Crippen molar-refractivity contribution < 1.29 is 4.79 Å². The van der Waals surface area contributed by atoms with Gasteiger partial charge in [0.25, 0.3) is 0 Å². The topological polar surface area (TPSA) is 29.1 Å². The molecular formula is C12H14ClNO. The van der Waals surface area contributed by atoms with Crippen LogP contribution in [-0.4, -0.2) is 11.9 Å². The van der Waals surface area contributed by atoms with E-state index in [1.165, 1.54) is 5.56 Å². The zero-order valence-corrected chi connectivity index (χ0v) is 9.42. The monoisotopic (exact) mass is 223 g/mol. The number of amides is 1. The van der Waals surface area contributed by atoms with Crippen molar-refractivity contribution in [1.82, 2.24) is 5.32 Å². The van der Waals surface area contributed by atoms with Gasteiger partial charge < -0.3 is 5.32 Å². The fourth-order valence-corrected chi connectivity index (χ4v) is 2.17. The smallest absolute Gasteiger partial charge is 0.217 e. The number of carbonyl (C=O) groups excluding carboxylic acids is 1. The molecule has 1 N–H and O–H groups in total. The number of carbonyl (C=O) groups is 1. The van der Waals surface area contributed by atoms with Crippen molar-refractivity contribution in [2.45, 2.75) is 31.7 Å². The Hall–Kier alpha value is -1.02. The molecular weight excluding hydrogens is 210 g/mol. The van der Waals surface area contributed by atoms with Crippen molar-refractivity contribution in [2.24, 2.45) is 0 Å². The normalized spacial score (nSPS) is 24.4. The van der Waals surface area contributed by atoms with Gasteiger partial charge in [-0.3, -0.25) is 4.79 Å². The van der Waals surface area contributed by atoms with Crippen LogP contribution < -0.4 is 5.32 Å². The summed E-state index contributed by atoms with van der Waals surface area (Å²) in [5, 5.41) is 3.73. The van der Waals surface area contributed by atoms with E-state index in [4.69, 9.17) is 11.6 Å². The zero-order chi connectivity index (χ0) is 10.8. The Labute approximate surface area is 94.6 Å². The van der Waals surface area contributed by atoms with Crippen molar-refractivity contribution in [1.29, 1.82) is 0 Å². The minimum atomic E-state index is 0.0543. The first-order valence-corrected chi connectivity index (χ1v) is 5.57. The summed E-state index contributed by atoms with van der Waals surface area (Å²) in [5.41, 5.74) is 1.27. The Morgan fingerprint density at radius 1 is 1.33 bits per heavy atom. The average Bonchev–Trinajstić information content (AvgIpc) is 2.16. The predicted octanol–water partition coefficient (Wildman–Crippen LogP) is 2.72. The second kappa shape index (κ2) is 4.23. The maximum Gasteiger partial charge on any atom is 0.217 e. The van der Waals surface area contributed by atoms with E-state index in [0.717, 1.165) is 17.9 Å². The molecule has 1 aromatic rings. The lowest BCUT2D eigenvalue weighted by atomic mass is 9.75. The van der Waals surface area contributed by atoms with Gasteiger partial charge in [-0.2, -0.15) is 0 Å². The maximum atomic E-state index is 10.9. The fraction of sp³-hybridized carbons (Fsp3) is 0.417. The highest BCUT2D eigenvalue weighted by molar-refractivity contribution is 6.30. The van der Waals surface area contributed by atoms with Crippen LogP contribution in [0, 0.1) is 0 Å². The van der Waals surface area contributed by atoms with Gasteiger partial charge >= 0.3 is 0 Å². The predicted molar refractivity (Wildman–Crippen MR) is 61.0 cm³/mol. The molecule has 0 radical (unpaired) electrons. The van der Waals surface area contributed by atoms with Crippen molar-refractivity contribution >= 4 is 17.5 Å². The summed E-state index contributed by atoms with van der Waals surface area (Å²) in [6, 6.07) is 8.20. The second-order valence-corrected chi connectivity index (χ2v) is 4.48. The van der Waals surface area contributed by atoms with Gasteiger partial charge in [-0.05, 0) is 30.5 Å². The third-order valence-electron chi connectivity index (χ3n) is 2.96. The molecule has 1 fully saturated rings. The summed E-state index contributed by atoms with van der Waals surface area (Å²) in [5.74, 6) is 0.518. The van der Waals surface area contributed by atoms with E-state index >= 15 is 0 Å². The molecule has 1 aliphatic rings. The van der Waals surface area contributed by atoms with Gasteiger partial charge in [0.1, 0.15) is 0 Å². The second-order valence-electron chi connectivity index (χ2n) is 4.04. The minimum Gasteiger partial charge on any atom is -0.353 e. The van der Waals surface area contributed by atoms with Gasteiger partial charge in [0, 0.05) is 23.9 Å². The van der Waals surface area contributed by atoms with Crippen LogP contribution in [0.5, 0.6) is 0 Å². The van der Waals surface area contributed by atoms with Crippen LogP contribution in [0.3, 0.4) is 0 Å². The number of benzene rings is 1. The lowest BCUT2D eigenvalue weighted by molar-refractivity contribution is -0.120. The van der Waals surface area contributed by atoms with Crippen LogP contribution in [0.2, 0.25) is 5.02 Å². The SMILES string of the molecule is CC(=O)N[C@H]1CC[C@H]1c1ccc(Cl)cc1. The van der Waals surface area contributed by atoms with Crippen LogP contribution in [0.25, 0.3) is 0 Å². The molecule has 0 spiro atoms. The molecule has 15 heavy (non-hydrogen) atoms. The van der Waals surface area contributed by atoms with Gasteiger partial charge in [-0.1, -0.05) is 23.7 Å². The number of nitrogens with one attached hydrogen (secondary N) is 1. The Balaban J connectivity index is 2.05. The molecule has 2 rings (SSSR count). The lowest BCUT2D eigenvalue weighted by Crippen LogP contribution is -2.44. The molecule has 0 heterocycles. The molecule has 3 heteroatoms. The van der Waals surface area contributed by atoms with E-state index < -0.39 is 0 Å². The van der Waals surface area contributed by atoms with Gasteiger partial charge in [0.15, 0.2) is 0 Å². The molecule has 0 bridgehead atoms. The molecule has 1 aliphatic carbocycles. The van der Waals surface area contributed by atoms with E-state index in [-0.39, 0.29) is 5.91 Å². The number of halogens is 1. The highest BCUT2D eigenvalue weighted by Gasteiger charge is 2.32. The first kappa shape index (κ1) is 10.5. The number of hydrogen-bond acceptors (Lipinski definition) is 1. The van der Waals surface area contributed by atoms with E-state index in [1.54, 1.807) is 6.92 Å².